The van der Waals surface area contributed by atoms with Gasteiger partial charge in [-0.3, -0.25) is 4.79 Å². The van der Waals surface area contributed by atoms with Crippen LogP contribution in [0.15, 0.2) is 24.3 Å². The summed E-state index contributed by atoms with van der Waals surface area (Å²) < 4.78 is 5.21. The van der Waals surface area contributed by atoms with Crippen LogP contribution in [0, 0.1) is 6.92 Å². The lowest BCUT2D eigenvalue weighted by atomic mass is 9.75. The molecule has 128 valence electrons. The van der Waals surface area contributed by atoms with Gasteiger partial charge in [0.05, 0.1) is 0 Å². The van der Waals surface area contributed by atoms with Crippen molar-refractivity contribution in [3.05, 3.63) is 35.4 Å². The molecule has 1 amide bonds. The Balaban J connectivity index is 3.09. The molecule has 5 nitrogen and oxygen atoms in total. The molecular weight excluding hydrogens is 294 g/mol. The number of carbonyl (C=O) groups is 2. The monoisotopic (exact) mass is 321 g/mol. The number of carboxylic acid groups (broad SMARTS) is 1. The van der Waals surface area contributed by atoms with E-state index in [9.17, 15) is 14.7 Å². The Morgan fingerprint density at radius 1 is 1.22 bits per heavy atom. The van der Waals surface area contributed by atoms with Gasteiger partial charge in [-0.25, -0.2) is 4.79 Å². The Hall–Kier alpha value is -2.04. The molecule has 1 rings (SSSR count). The Labute approximate surface area is 138 Å². The average molecular weight is 321 g/mol. The molecule has 0 heterocycles. The van der Waals surface area contributed by atoms with Crippen LogP contribution in [-0.4, -0.2) is 29.3 Å². The summed E-state index contributed by atoms with van der Waals surface area (Å²) in [6, 6.07) is 7.40. The fourth-order valence-corrected chi connectivity index (χ4v) is 2.69. The molecule has 1 aromatic carbocycles. The number of nitrogens with one attached hydrogen (secondary N) is 1. The third kappa shape index (κ3) is 4.98. The first-order chi connectivity index (χ1) is 10.6. The molecule has 0 bridgehead atoms. The number of carbonyl (C=O) groups excluding carboxylic acids is 1. The number of aliphatic carboxylic acids is 1. The summed E-state index contributed by atoms with van der Waals surface area (Å²) in [6.45, 7) is 9.12. The first-order valence-corrected chi connectivity index (χ1v) is 7.89. The fraction of sp³-hybridized carbons (Fsp3) is 0.556. The zero-order chi connectivity index (χ0) is 17.7. The second kappa shape index (κ2) is 7.49. The van der Waals surface area contributed by atoms with Crippen LogP contribution in [0.3, 0.4) is 0 Å². The highest BCUT2D eigenvalue weighted by Gasteiger charge is 2.41. The summed E-state index contributed by atoms with van der Waals surface area (Å²) in [5, 5.41) is 12.5. The van der Waals surface area contributed by atoms with E-state index in [0.717, 1.165) is 11.1 Å². The molecule has 1 atom stereocenters. The molecule has 0 fully saturated rings. The van der Waals surface area contributed by atoms with E-state index in [1.165, 1.54) is 0 Å². The summed E-state index contributed by atoms with van der Waals surface area (Å²) in [5.74, 6) is -0.940. The quantitative estimate of drug-likeness (QED) is 0.838. The van der Waals surface area contributed by atoms with Crippen LogP contribution in [-0.2, 0) is 14.9 Å². The number of amides is 1. The van der Waals surface area contributed by atoms with E-state index < -0.39 is 23.1 Å². The standard InChI is InChI=1S/C18H27NO4/c1-6-11-18(15(20)21,14-10-8-7-9-13(14)2)12-19-16(22)23-17(3,4)5/h7-10H,6,11-12H2,1-5H3,(H,19,22)(H,20,21). The van der Waals surface area contributed by atoms with Gasteiger partial charge in [0.2, 0.25) is 0 Å². The zero-order valence-corrected chi connectivity index (χ0v) is 14.6. The van der Waals surface area contributed by atoms with Gasteiger partial charge in [-0.05, 0) is 45.2 Å². The van der Waals surface area contributed by atoms with Gasteiger partial charge in [0.1, 0.15) is 11.0 Å². The van der Waals surface area contributed by atoms with E-state index in [1.54, 1.807) is 20.8 Å². The second-order valence-corrected chi connectivity index (χ2v) is 6.81. The summed E-state index contributed by atoms with van der Waals surface area (Å²) in [7, 11) is 0. The number of alkyl carbamates (subject to hydrolysis) is 1. The van der Waals surface area contributed by atoms with Crippen molar-refractivity contribution in [1.29, 1.82) is 0 Å². The molecule has 0 saturated heterocycles. The van der Waals surface area contributed by atoms with Crippen LogP contribution < -0.4 is 5.32 Å². The highest BCUT2D eigenvalue weighted by Crippen LogP contribution is 2.32. The summed E-state index contributed by atoms with van der Waals surface area (Å²) in [6.07, 6.45) is 0.521. The van der Waals surface area contributed by atoms with Crippen molar-refractivity contribution in [3.8, 4) is 0 Å². The second-order valence-electron chi connectivity index (χ2n) is 6.81. The maximum Gasteiger partial charge on any atom is 0.407 e. The molecule has 1 unspecified atom stereocenters. The number of aryl methyl sites for hydroxylation is 1. The highest BCUT2D eigenvalue weighted by molar-refractivity contribution is 5.83. The van der Waals surface area contributed by atoms with Gasteiger partial charge in [-0.1, -0.05) is 37.6 Å². The number of rotatable bonds is 6. The Bertz CT molecular complexity index is 562. The molecule has 0 aliphatic heterocycles. The van der Waals surface area contributed by atoms with Gasteiger partial charge in [0, 0.05) is 6.54 Å². The van der Waals surface area contributed by atoms with E-state index >= 15 is 0 Å². The van der Waals surface area contributed by atoms with Crippen molar-refractivity contribution >= 4 is 12.1 Å². The third-order valence-corrected chi connectivity index (χ3v) is 3.68. The smallest absolute Gasteiger partial charge is 0.407 e. The van der Waals surface area contributed by atoms with Crippen LogP contribution in [0.25, 0.3) is 0 Å². The highest BCUT2D eigenvalue weighted by atomic mass is 16.6. The number of carboxylic acids is 1. The lowest BCUT2D eigenvalue weighted by Gasteiger charge is -2.32. The van der Waals surface area contributed by atoms with E-state index in [2.05, 4.69) is 5.32 Å². The summed E-state index contributed by atoms with van der Waals surface area (Å²) >= 11 is 0. The Kier molecular flexibility index (Phi) is 6.19. The molecule has 0 saturated carbocycles. The Morgan fingerprint density at radius 2 is 1.83 bits per heavy atom. The number of hydrogen-bond acceptors (Lipinski definition) is 3. The molecule has 0 aromatic heterocycles. The first-order valence-electron chi connectivity index (χ1n) is 7.89. The molecule has 0 radical (unpaired) electrons. The first kappa shape index (κ1) is 19.0. The van der Waals surface area contributed by atoms with E-state index in [4.69, 9.17) is 4.74 Å². The molecular formula is C18H27NO4. The molecule has 0 spiro atoms. The van der Waals surface area contributed by atoms with Crippen molar-refractivity contribution in [3.63, 3.8) is 0 Å². The van der Waals surface area contributed by atoms with Gasteiger partial charge in [0.15, 0.2) is 0 Å². The van der Waals surface area contributed by atoms with Crippen molar-refractivity contribution in [2.45, 2.75) is 58.5 Å². The normalized spacial score (nSPS) is 14.0. The van der Waals surface area contributed by atoms with Gasteiger partial charge < -0.3 is 15.2 Å². The van der Waals surface area contributed by atoms with Gasteiger partial charge in [-0.15, -0.1) is 0 Å². The number of ether oxygens (including phenoxy) is 1. The van der Waals surface area contributed by atoms with Crippen LogP contribution in [0.1, 0.15) is 51.7 Å². The summed E-state index contributed by atoms with van der Waals surface area (Å²) in [5.41, 5.74) is -0.153. The molecule has 0 aliphatic rings. The van der Waals surface area contributed by atoms with E-state index in [-0.39, 0.29) is 6.54 Å². The van der Waals surface area contributed by atoms with Gasteiger partial charge in [-0.2, -0.15) is 0 Å². The lowest BCUT2D eigenvalue weighted by molar-refractivity contribution is -0.144. The third-order valence-electron chi connectivity index (χ3n) is 3.68. The van der Waals surface area contributed by atoms with Crippen molar-refractivity contribution < 1.29 is 19.4 Å². The van der Waals surface area contributed by atoms with E-state index in [1.807, 2.05) is 38.1 Å². The van der Waals surface area contributed by atoms with Crippen LogP contribution in [0.2, 0.25) is 0 Å². The minimum Gasteiger partial charge on any atom is -0.481 e. The molecule has 2 N–H and O–H groups in total. The maximum absolute atomic E-state index is 12.1. The molecule has 0 aliphatic carbocycles. The predicted octanol–water partition coefficient (Wildman–Crippen LogP) is 3.64. The number of benzene rings is 1. The minimum absolute atomic E-state index is 0.00403. The molecule has 1 aromatic rings. The average Bonchev–Trinajstić information content (AvgIpc) is 2.42. The van der Waals surface area contributed by atoms with Crippen molar-refractivity contribution in [1.82, 2.24) is 5.32 Å². The Morgan fingerprint density at radius 3 is 2.30 bits per heavy atom. The molecule has 23 heavy (non-hydrogen) atoms. The SMILES string of the molecule is CCCC(CNC(=O)OC(C)(C)C)(C(=O)O)c1ccccc1C. The van der Waals surface area contributed by atoms with Crippen molar-refractivity contribution in [2.75, 3.05) is 6.54 Å². The lowest BCUT2D eigenvalue weighted by Crippen LogP contribution is -2.48. The van der Waals surface area contributed by atoms with Crippen LogP contribution in [0.5, 0.6) is 0 Å². The van der Waals surface area contributed by atoms with Gasteiger partial charge >= 0.3 is 12.1 Å². The number of hydrogen-bond donors (Lipinski definition) is 2. The van der Waals surface area contributed by atoms with Gasteiger partial charge in [0.25, 0.3) is 0 Å². The zero-order valence-electron chi connectivity index (χ0n) is 14.6. The largest absolute Gasteiger partial charge is 0.481 e. The van der Waals surface area contributed by atoms with Crippen LogP contribution in [0.4, 0.5) is 4.79 Å². The predicted molar refractivity (Wildman–Crippen MR) is 89.6 cm³/mol. The van der Waals surface area contributed by atoms with E-state index in [0.29, 0.717) is 12.8 Å². The minimum atomic E-state index is -1.16. The maximum atomic E-state index is 12.1. The molecule has 5 heteroatoms. The van der Waals surface area contributed by atoms with Crippen molar-refractivity contribution in [2.24, 2.45) is 0 Å². The van der Waals surface area contributed by atoms with Crippen LogP contribution >= 0.6 is 0 Å². The topological polar surface area (TPSA) is 75.6 Å². The fourth-order valence-electron chi connectivity index (χ4n) is 2.69. The summed E-state index contributed by atoms with van der Waals surface area (Å²) in [4.78, 5) is 24.0.